The van der Waals surface area contributed by atoms with E-state index < -0.39 is 0 Å². The Morgan fingerprint density at radius 3 is 2.65 bits per heavy atom. The van der Waals surface area contributed by atoms with Crippen LogP contribution in [0.5, 0.6) is 5.75 Å². The number of benzene rings is 2. The highest BCUT2D eigenvalue weighted by Gasteiger charge is 2.10. The SMILES string of the molecule is C=CCc1ccccc1OCC(=O)Nc1c(C)cccc1CC. The van der Waals surface area contributed by atoms with E-state index in [9.17, 15) is 4.79 Å². The summed E-state index contributed by atoms with van der Waals surface area (Å²) < 4.78 is 5.68. The number of ether oxygens (including phenoxy) is 1. The Hall–Kier alpha value is -2.55. The predicted molar refractivity (Wildman–Crippen MR) is 95.0 cm³/mol. The van der Waals surface area contributed by atoms with Crippen LogP contribution in [0.4, 0.5) is 5.69 Å². The molecule has 2 aromatic carbocycles. The van der Waals surface area contributed by atoms with E-state index in [-0.39, 0.29) is 12.5 Å². The molecule has 0 aliphatic rings. The summed E-state index contributed by atoms with van der Waals surface area (Å²) >= 11 is 0. The van der Waals surface area contributed by atoms with Crippen molar-refractivity contribution in [1.29, 1.82) is 0 Å². The molecular weight excluding hydrogens is 286 g/mol. The molecule has 0 aromatic heterocycles. The highest BCUT2D eigenvalue weighted by molar-refractivity contribution is 5.93. The van der Waals surface area contributed by atoms with Gasteiger partial charge in [0.15, 0.2) is 6.61 Å². The van der Waals surface area contributed by atoms with Gasteiger partial charge in [0.1, 0.15) is 5.75 Å². The lowest BCUT2D eigenvalue weighted by Gasteiger charge is -2.14. The van der Waals surface area contributed by atoms with Gasteiger partial charge in [-0.25, -0.2) is 0 Å². The van der Waals surface area contributed by atoms with Gasteiger partial charge < -0.3 is 10.1 Å². The average molecular weight is 309 g/mol. The summed E-state index contributed by atoms with van der Waals surface area (Å²) in [7, 11) is 0. The predicted octanol–water partition coefficient (Wildman–Crippen LogP) is 4.30. The van der Waals surface area contributed by atoms with Crippen LogP contribution < -0.4 is 10.1 Å². The van der Waals surface area contributed by atoms with Crippen molar-refractivity contribution in [2.24, 2.45) is 0 Å². The Balaban J connectivity index is 2.03. The van der Waals surface area contributed by atoms with Crippen molar-refractivity contribution >= 4 is 11.6 Å². The first kappa shape index (κ1) is 16.8. The van der Waals surface area contributed by atoms with Crippen molar-refractivity contribution < 1.29 is 9.53 Å². The fraction of sp³-hybridized carbons (Fsp3) is 0.250. The second-order valence-electron chi connectivity index (χ2n) is 5.40. The van der Waals surface area contributed by atoms with E-state index in [4.69, 9.17) is 4.74 Å². The van der Waals surface area contributed by atoms with Gasteiger partial charge in [-0.1, -0.05) is 49.4 Å². The molecule has 0 saturated carbocycles. The summed E-state index contributed by atoms with van der Waals surface area (Å²) in [6.07, 6.45) is 3.42. The normalized spacial score (nSPS) is 10.2. The molecule has 2 aromatic rings. The molecule has 3 heteroatoms. The molecule has 0 aliphatic carbocycles. The van der Waals surface area contributed by atoms with Gasteiger partial charge in [-0.3, -0.25) is 4.79 Å². The van der Waals surface area contributed by atoms with E-state index >= 15 is 0 Å². The minimum Gasteiger partial charge on any atom is -0.483 e. The second kappa shape index (κ2) is 8.18. The van der Waals surface area contributed by atoms with Gasteiger partial charge in [0.25, 0.3) is 5.91 Å². The molecule has 0 saturated heterocycles. The maximum Gasteiger partial charge on any atom is 0.262 e. The smallest absolute Gasteiger partial charge is 0.262 e. The zero-order valence-electron chi connectivity index (χ0n) is 13.8. The molecule has 0 unspecified atom stereocenters. The summed E-state index contributed by atoms with van der Waals surface area (Å²) in [5.74, 6) is 0.574. The van der Waals surface area contributed by atoms with Crippen molar-refractivity contribution in [3.63, 3.8) is 0 Å². The molecule has 0 spiro atoms. The summed E-state index contributed by atoms with van der Waals surface area (Å²) in [6.45, 7) is 7.80. The maximum atomic E-state index is 12.2. The lowest BCUT2D eigenvalue weighted by atomic mass is 10.1. The van der Waals surface area contributed by atoms with Crippen molar-refractivity contribution in [1.82, 2.24) is 0 Å². The number of hydrogen-bond donors (Lipinski definition) is 1. The molecule has 1 amide bonds. The van der Waals surface area contributed by atoms with Gasteiger partial charge in [0, 0.05) is 5.69 Å². The van der Waals surface area contributed by atoms with E-state index in [1.807, 2.05) is 55.5 Å². The van der Waals surface area contributed by atoms with Gasteiger partial charge >= 0.3 is 0 Å². The summed E-state index contributed by atoms with van der Waals surface area (Å²) in [6, 6.07) is 13.7. The van der Waals surface area contributed by atoms with Crippen LogP contribution in [0.25, 0.3) is 0 Å². The maximum absolute atomic E-state index is 12.2. The zero-order chi connectivity index (χ0) is 16.7. The Bertz CT molecular complexity index is 692. The summed E-state index contributed by atoms with van der Waals surface area (Å²) in [5.41, 5.74) is 4.11. The van der Waals surface area contributed by atoms with Crippen LogP contribution in [-0.2, 0) is 17.6 Å². The minimum absolute atomic E-state index is 0.00829. The van der Waals surface area contributed by atoms with E-state index in [2.05, 4.69) is 18.8 Å². The van der Waals surface area contributed by atoms with E-state index in [0.717, 1.165) is 41.0 Å². The molecule has 1 N–H and O–H groups in total. The van der Waals surface area contributed by atoms with Gasteiger partial charge in [0.2, 0.25) is 0 Å². The van der Waals surface area contributed by atoms with Crippen LogP contribution in [0.2, 0.25) is 0 Å². The summed E-state index contributed by atoms with van der Waals surface area (Å²) in [4.78, 5) is 12.2. The third-order valence-electron chi connectivity index (χ3n) is 3.70. The number of para-hydroxylation sites is 2. The largest absolute Gasteiger partial charge is 0.483 e. The second-order valence-corrected chi connectivity index (χ2v) is 5.40. The molecule has 0 fully saturated rings. The molecule has 0 aliphatic heterocycles. The van der Waals surface area contributed by atoms with Crippen molar-refractivity contribution in [3.8, 4) is 5.75 Å². The van der Waals surface area contributed by atoms with Gasteiger partial charge in [-0.15, -0.1) is 6.58 Å². The Kier molecular flexibility index (Phi) is 5.98. The monoisotopic (exact) mass is 309 g/mol. The first-order chi connectivity index (χ1) is 11.2. The number of anilines is 1. The Morgan fingerprint density at radius 1 is 1.17 bits per heavy atom. The molecule has 0 heterocycles. The van der Waals surface area contributed by atoms with Gasteiger partial charge in [-0.05, 0) is 42.5 Å². The number of hydrogen-bond acceptors (Lipinski definition) is 2. The van der Waals surface area contributed by atoms with Crippen molar-refractivity contribution in [2.45, 2.75) is 26.7 Å². The van der Waals surface area contributed by atoms with Gasteiger partial charge in [-0.2, -0.15) is 0 Å². The number of rotatable bonds is 7. The molecule has 0 atom stereocenters. The number of aryl methyl sites for hydroxylation is 2. The number of carbonyl (C=O) groups is 1. The Labute approximate surface area is 138 Å². The standard InChI is InChI=1S/C20H23NO2/c1-4-9-17-11-6-7-13-18(17)23-14-19(22)21-20-15(3)10-8-12-16(20)5-2/h4,6-8,10-13H,1,5,9,14H2,2-3H3,(H,21,22). The van der Waals surface area contributed by atoms with E-state index in [1.54, 1.807) is 0 Å². The molecule has 0 bridgehead atoms. The minimum atomic E-state index is -0.151. The van der Waals surface area contributed by atoms with Crippen LogP contribution in [0.3, 0.4) is 0 Å². The third-order valence-corrected chi connectivity index (χ3v) is 3.70. The summed E-state index contributed by atoms with van der Waals surface area (Å²) in [5, 5.41) is 2.97. The third kappa shape index (κ3) is 4.46. The first-order valence-electron chi connectivity index (χ1n) is 7.85. The molecule has 23 heavy (non-hydrogen) atoms. The van der Waals surface area contributed by atoms with Crippen molar-refractivity contribution in [2.75, 3.05) is 11.9 Å². The van der Waals surface area contributed by atoms with E-state index in [0.29, 0.717) is 0 Å². The van der Waals surface area contributed by atoms with Crippen molar-refractivity contribution in [3.05, 3.63) is 71.8 Å². The van der Waals surface area contributed by atoms with E-state index in [1.165, 1.54) is 0 Å². The molecule has 3 nitrogen and oxygen atoms in total. The topological polar surface area (TPSA) is 38.3 Å². The lowest BCUT2D eigenvalue weighted by Crippen LogP contribution is -2.21. The Morgan fingerprint density at radius 2 is 1.91 bits per heavy atom. The lowest BCUT2D eigenvalue weighted by molar-refractivity contribution is -0.118. The van der Waals surface area contributed by atoms with Crippen LogP contribution in [0.1, 0.15) is 23.6 Å². The molecule has 120 valence electrons. The van der Waals surface area contributed by atoms with Crippen LogP contribution in [-0.4, -0.2) is 12.5 Å². The van der Waals surface area contributed by atoms with Crippen LogP contribution in [0.15, 0.2) is 55.1 Å². The molecule has 0 radical (unpaired) electrons. The number of carbonyl (C=O) groups excluding carboxylic acids is 1. The fourth-order valence-corrected chi connectivity index (χ4v) is 2.49. The molecule has 2 rings (SSSR count). The number of nitrogens with one attached hydrogen (secondary N) is 1. The van der Waals surface area contributed by atoms with Crippen LogP contribution in [0, 0.1) is 6.92 Å². The number of amides is 1. The average Bonchev–Trinajstić information content (AvgIpc) is 2.56. The highest BCUT2D eigenvalue weighted by atomic mass is 16.5. The number of allylic oxidation sites excluding steroid dienone is 1. The quantitative estimate of drug-likeness (QED) is 0.774. The van der Waals surface area contributed by atoms with Gasteiger partial charge in [0.05, 0.1) is 0 Å². The zero-order valence-corrected chi connectivity index (χ0v) is 13.8. The first-order valence-corrected chi connectivity index (χ1v) is 7.85. The molecular formula is C20H23NO2. The fourth-order valence-electron chi connectivity index (χ4n) is 2.49. The van der Waals surface area contributed by atoms with Crippen LogP contribution >= 0.6 is 0 Å². The highest BCUT2D eigenvalue weighted by Crippen LogP contribution is 2.22.